The zero-order chi connectivity index (χ0) is 11.4. The summed E-state index contributed by atoms with van der Waals surface area (Å²) in [6, 6.07) is 0. The summed E-state index contributed by atoms with van der Waals surface area (Å²) in [5, 5.41) is 5.90. The Labute approximate surface area is 97.8 Å². The van der Waals surface area contributed by atoms with Gasteiger partial charge < -0.3 is 10.6 Å². The van der Waals surface area contributed by atoms with E-state index in [2.05, 4.69) is 16.9 Å². The number of unbranched alkanes of at least 4 members (excludes halogenated alkanes) is 3. The lowest BCUT2D eigenvalue weighted by molar-refractivity contribution is -0.120. The van der Waals surface area contributed by atoms with E-state index in [1.165, 1.54) is 25.0 Å². The number of hydrogen-bond donors (Lipinski definition) is 2. The van der Waals surface area contributed by atoms with Crippen LogP contribution in [-0.4, -0.2) is 37.6 Å². The van der Waals surface area contributed by atoms with Crippen molar-refractivity contribution in [3.63, 3.8) is 0 Å². The maximum absolute atomic E-state index is 11.2. The third-order valence-electron chi connectivity index (χ3n) is 2.13. The Balaban J connectivity index is 3.06. The van der Waals surface area contributed by atoms with Gasteiger partial charge in [-0.3, -0.25) is 4.79 Å². The average molecular weight is 232 g/mol. The van der Waals surface area contributed by atoms with E-state index >= 15 is 0 Å². The molecule has 0 radical (unpaired) electrons. The number of rotatable bonds is 10. The number of thioether (sulfide) groups is 1. The SMILES string of the molecule is CCNCC(=O)NCCCCCCSC. The van der Waals surface area contributed by atoms with Crippen molar-refractivity contribution in [2.75, 3.05) is 31.6 Å². The van der Waals surface area contributed by atoms with E-state index in [4.69, 9.17) is 0 Å². The molecule has 0 aliphatic heterocycles. The van der Waals surface area contributed by atoms with E-state index in [1.54, 1.807) is 0 Å². The van der Waals surface area contributed by atoms with Gasteiger partial charge in [-0.1, -0.05) is 19.8 Å². The van der Waals surface area contributed by atoms with Gasteiger partial charge in [0.15, 0.2) is 0 Å². The van der Waals surface area contributed by atoms with Crippen LogP contribution in [-0.2, 0) is 4.79 Å². The zero-order valence-corrected chi connectivity index (χ0v) is 10.8. The number of carbonyl (C=O) groups excluding carboxylic acids is 1. The van der Waals surface area contributed by atoms with Crippen molar-refractivity contribution >= 4 is 17.7 Å². The summed E-state index contributed by atoms with van der Waals surface area (Å²) in [6.45, 7) is 4.12. The molecule has 0 bridgehead atoms. The summed E-state index contributed by atoms with van der Waals surface area (Å²) < 4.78 is 0. The Kier molecular flexibility index (Phi) is 11.7. The maximum atomic E-state index is 11.2. The Morgan fingerprint density at radius 3 is 2.60 bits per heavy atom. The average Bonchev–Trinajstić information content (AvgIpc) is 2.25. The zero-order valence-electron chi connectivity index (χ0n) is 9.97. The van der Waals surface area contributed by atoms with Crippen LogP contribution in [0, 0.1) is 0 Å². The van der Waals surface area contributed by atoms with Crippen molar-refractivity contribution in [3.05, 3.63) is 0 Å². The van der Waals surface area contributed by atoms with Crippen LogP contribution in [0.4, 0.5) is 0 Å². The Hall–Kier alpha value is -0.220. The fraction of sp³-hybridized carbons (Fsp3) is 0.909. The molecule has 0 heterocycles. The van der Waals surface area contributed by atoms with E-state index in [1.807, 2.05) is 18.7 Å². The number of amides is 1. The van der Waals surface area contributed by atoms with Gasteiger partial charge in [-0.05, 0) is 31.4 Å². The largest absolute Gasteiger partial charge is 0.355 e. The molecule has 0 aliphatic carbocycles. The molecule has 0 unspecified atom stereocenters. The molecular weight excluding hydrogens is 208 g/mol. The van der Waals surface area contributed by atoms with Gasteiger partial charge in [-0.25, -0.2) is 0 Å². The predicted octanol–water partition coefficient (Wildman–Crippen LogP) is 1.64. The second-order valence-electron chi connectivity index (χ2n) is 3.54. The van der Waals surface area contributed by atoms with E-state index in [-0.39, 0.29) is 5.91 Å². The first-order chi connectivity index (χ1) is 7.31. The maximum Gasteiger partial charge on any atom is 0.233 e. The Morgan fingerprint density at radius 2 is 1.93 bits per heavy atom. The van der Waals surface area contributed by atoms with Crippen LogP contribution in [0.5, 0.6) is 0 Å². The highest BCUT2D eigenvalue weighted by atomic mass is 32.2. The van der Waals surface area contributed by atoms with Crippen LogP contribution < -0.4 is 10.6 Å². The molecule has 0 spiro atoms. The molecule has 0 fully saturated rings. The van der Waals surface area contributed by atoms with Crippen LogP contribution in [0.1, 0.15) is 32.6 Å². The number of hydrogen-bond acceptors (Lipinski definition) is 3. The highest BCUT2D eigenvalue weighted by Crippen LogP contribution is 2.03. The first-order valence-electron chi connectivity index (χ1n) is 5.77. The molecule has 0 saturated carbocycles. The molecule has 90 valence electrons. The van der Waals surface area contributed by atoms with Crippen LogP contribution in [0.3, 0.4) is 0 Å². The molecule has 1 amide bonds. The van der Waals surface area contributed by atoms with Crippen LogP contribution >= 0.6 is 11.8 Å². The summed E-state index contributed by atoms with van der Waals surface area (Å²) in [4.78, 5) is 11.2. The predicted molar refractivity (Wildman–Crippen MR) is 68.4 cm³/mol. The summed E-state index contributed by atoms with van der Waals surface area (Å²) in [5.74, 6) is 1.37. The lowest BCUT2D eigenvalue weighted by Gasteiger charge is -2.05. The summed E-state index contributed by atoms with van der Waals surface area (Å²) in [5.41, 5.74) is 0. The van der Waals surface area contributed by atoms with Gasteiger partial charge in [0.2, 0.25) is 5.91 Å². The molecule has 0 aromatic carbocycles. The van der Waals surface area contributed by atoms with Gasteiger partial charge in [-0.2, -0.15) is 11.8 Å². The van der Waals surface area contributed by atoms with Crippen molar-refractivity contribution in [1.82, 2.24) is 10.6 Å². The molecule has 0 aromatic rings. The van der Waals surface area contributed by atoms with Crippen molar-refractivity contribution in [1.29, 1.82) is 0 Å². The van der Waals surface area contributed by atoms with E-state index < -0.39 is 0 Å². The Morgan fingerprint density at radius 1 is 1.20 bits per heavy atom. The molecule has 0 rings (SSSR count). The van der Waals surface area contributed by atoms with Crippen molar-refractivity contribution in [2.24, 2.45) is 0 Å². The lowest BCUT2D eigenvalue weighted by Crippen LogP contribution is -2.34. The fourth-order valence-corrected chi connectivity index (χ4v) is 1.75. The third kappa shape index (κ3) is 11.7. The van der Waals surface area contributed by atoms with Gasteiger partial charge in [0, 0.05) is 6.54 Å². The minimum Gasteiger partial charge on any atom is -0.355 e. The van der Waals surface area contributed by atoms with Gasteiger partial charge in [0.25, 0.3) is 0 Å². The molecule has 4 heteroatoms. The molecule has 15 heavy (non-hydrogen) atoms. The minimum atomic E-state index is 0.112. The fourth-order valence-electron chi connectivity index (χ4n) is 1.25. The topological polar surface area (TPSA) is 41.1 Å². The van der Waals surface area contributed by atoms with Gasteiger partial charge >= 0.3 is 0 Å². The van der Waals surface area contributed by atoms with Gasteiger partial charge in [-0.15, -0.1) is 0 Å². The van der Waals surface area contributed by atoms with Crippen molar-refractivity contribution < 1.29 is 4.79 Å². The molecule has 2 N–H and O–H groups in total. The minimum absolute atomic E-state index is 0.112. The third-order valence-corrected chi connectivity index (χ3v) is 2.83. The molecular formula is C11H24N2OS. The summed E-state index contributed by atoms with van der Waals surface area (Å²) >= 11 is 1.90. The highest BCUT2D eigenvalue weighted by molar-refractivity contribution is 7.98. The Bertz CT molecular complexity index is 154. The number of nitrogens with one attached hydrogen (secondary N) is 2. The van der Waals surface area contributed by atoms with Crippen molar-refractivity contribution in [3.8, 4) is 0 Å². The van der Waals surface area contributed by atoms with Crippen LogP contribution in [0.2, 0.25) is 0 Å². The van der Waals surface area contributed by atoms with Crippen LogP contribution in [0.25, 0.3) is 0 Å². The molecule has 3 nitrogen and oxygen atoms in total. The molecule has 0 atom stereocenters. The number of carbonyl (C=O) groups is 1. The first kappa shape index (κ1) is 14.8. The summed E-state index contributed by atoms with van der Waals surface area (Å²) in [7, 11) is 0. The normalized spacial score (nSPS) is 10.3. The number of likely N-dealkylation sites (N-methyl/N-ethyl adjacent to an activating group) is 1. The highest BCUT2D eigenvalue weighted by Gasteiger charge is 1.97. The lowest BCUT2D eigenvalue weighted by atomic mass is 10.2. The molecule has 0 aliphatic rings. The first-order valence-corrected chi connectivity index (χ1v) is 7.17. The molecule has 0 saturated heterocycles. The smallest absolute Gasteiger partial charge is 0.233 e. The van der Waals surface area contributed by atoms with Crippen molar-refractivity contribution in [2.45, 2.75) is 32.6 Å². The van der Waals surface area contributed by atoms with E-state index in [0.717, 1.165) is 19.5 Å². The standard InChI is InChI=1S/C11H24N2OS/c1-3-12-10-11(14)13-8-6-4-5-7-9-15-2/h12H,3-10H2,1-2H3,(H,13,14). The van der Waals surface area contributed by atoms with Gasteiger partial charge in [0.05, 0.1) is 6.54 Å². The van der Waals surface area contributed by atoms with Gasteiger partial charge in [0.1, 0.15) is 0 Å². The second kappa shape index (κ2) is 11.9. The quantitative estimate of drug-likeness (QED) is 0.563. The summed E-state index contributed by atoms with van der Waals surface area (Å²) in [6.07, 6.45) is 7.05. The van der Waals surface area contributed by atoms with E-state index in [9.17, 15) is 4.79 Å². The second-order valence-corrected chi connectivity index (χ2v) is 4.52. The monoisotopic (exact) mass is 232 g/mol. The van der Waals surface area contributed by atoms with E-state index in [0.29, 0.717) is 6.54 Å². The van der Waals surface area contributed by atoms with Crippen LogP contribution in [0.15, 0.2) is 0 Å². The molecule has 0 aromatic heterocycles.